The maximum atomic E-state index is 14.3. The first-order valence-corrected chi connectivity index (χ1v) is 21.4. The van der Waals surface area contributed by atoms with Crippen molar-refractivity contribution in [1.29, 1.82) is 0 Å². The average Bonchev–Trinajstić information content (AvgIpc) is 3.24. The van der Waals surface area contributed by atoms with Crippen molar-refractivity contribution >= 4 is 78.3 Å². The van der Waals surface area contributed by atoms with E-state index in [1.165, 1.54) is 22.0 Å². The van der Waals surface area contributed by atoms with Crippen molar-refractivity contribution in [3.05, 3.63) is 96.1 Å². The highest BCUT2D eigenvalue weighted by atomic mass is 16.2. The van der Waals surface area contributed by atoms with Crippen molar-refractivity contribution in [2.45, 2.75) is 104 Å². The van der Waals surface area contributed by atoms with Gasteiger partial charge in [0, 0.05) is 59.0 Å². The molecule has 2 aliphatic rings. The maximum Gasteiger partial charge on any atom is 0.261 e. The van der Waals surface area contributed by atoms with Crippen LogP contribution >= 0.6 is 0 Å². The van der Waals surface area contributed by atoms with Gasteiger partial charge in [-0.05, 0) is 119 Å². The first-order chi connectivity index (χ1) is 28.1. The van der Waals surface area contributed by atoms with Crippen molar-refractivity contribution in [3.63, 3.8) is 0 Å². The van der Waals surface area contributed by atoms with E-state index >= 15 is 0 Å². The van der Waals surface area contributed by atoms with Crippen LogP contribution in [0.5, 0.6) is 0 Å². The molecule has 0 radical (unpaired) electrons. The van der Waals surface area contributed by atoms with Crippen molar-refractivity contribution in [3.8, 4) is 0 Å². The topological polar surface area (TPSA) is 109 Å². The highest BCUT2D eigenvalue weighted by molar-refractivity contribution is 6.41. The lowest BCUT2D eigenvalue weighted by atomic mass is 9.82. The Hall–Kier alpha value is -5.50. The minimum Gasteiger partial charge on any atom is -0.295 e. The number of hydrogen-bond donors (Lipinski definition) is 0. The second-order valence-corrected chi connectivity index (χ2v) is 16.4. The van der Waals surface area contributed by atoms with Crippen molar-refractivity contribution < 1.29 is 28.8 Å². The van der Waals surface area contributed by atoms with Crippen molar-refractivity contribution in [1.82, 2.24) is 9.80 Å². The van der Waals surface area contributed by atoms with Crippen LogP contribution in [-0.2, 0) is 9.59 Å². The van der Waals surface area contributed by atoms with Gasteiger partial charge in [0.2, 0.25) is 0 Å². The molecule has 5 aromatic rings. The molecule has 2 atom stereocenters. The first kappa shape index (κ1) is 40.7. The molecule has 0 N–H and O–H groups in total. The van der Waals surface area contributed by atoms with Gasteiger partial charge in [0.15, 0.2) is 11.6 Å². The Balaban J connectivity index is 1.22. The van der Waals surface area contributed by atoms with Crippen LogP contribution in [0.2, 0.25) is 0 Å². The third-order valence-corrected chi connectivity index (χ3v) is 12.6. The second kappa shape index (κ2) is 17.6. The second-order valence-electron chi connectivity index (χ2n) is 16.4. The van der Waals surface area contributed by atoms with Crippen LogP contribution in [0.4, 0.5) is 0 Å². The van der Waals surface area contributed by atoms with Crippen molar-refractivity contribution in [2.24, 2.45) is 11.8 Å². The van der Waals surface area contributed by atoms with E-state index in [0.717, 1.165) is 109 Å². The highest BCUT2D eigenvalue weighted by Crippen LogP contribution is 2.46. The molecule has 0 aliphatic carbocycles. The molecule has 2 heterocycles. The zero-order valence-electron chi connectivity index (χ0n) is 34.0. The summed E-state index contributed by atoms with van der Waals surface area (Å²) in [5.41, 5.74) is 2.00. The van der Waals surface area contributed by atoms with E-state index in [4.69, 9.17) is 0 Å². The van der Waals surface area contributed by atoms with Gasteiger partial charge in [-0.3, -0.25) is 38.6 Å². The molecule has 0 saturated carbocycles. The zero-order chi connectivity index (χ0) is 41.1. The Kier molecular flexibility index (Phi) is 12.3. The van der Waals surface area contributed by atoms with Crippen LogP contribution in [0.15, 0.2) is 73.8 Å². The number of imide groups is 2. The summed E-state index contributed by atoms with van der Waals surface area (Å²) in [5.74, 6) is -0.836. The number of amides is 4. The van der Waals surface area contributed by atoms with Gasteiger partial charge in [-0.15, -0.1) is 0 Å². The van der Waals surface area contributed by atoms with Crippen LogP contribution in [0.1, 0.15) is 145 Å². The number of hydrogen-bond acceptors (Lipinski definition) is 6. The Morgan fingerprint density at radius 2 is 0.793 bits per heavy atom. The molecular weight excluding hydrogens is 725 g/mol. The van der Waals surface area contributed by atoms with E-state index in [1.807, 2.05) is 48.5 Å². The molecule has 300 valence electrons. The van der Waals surface area contributed by atoms with E-state index in [0.29, 0.717) is 59.0 Å². The number of nitrogens with zero attached hydrogens (tertiary/aromatic N) is 2. The van der Waals surface area contributed by atoms with Gasteiger partial charge in [0.25, 0.3) is 23.6 Å². The molecule has 0 aromatic heterocycles. The van der Waals surface area contributed by atoms with Crippen LogP contribution in [0.3, 0.4) is 0 Å². The lowest BCUT2D eigenvalue weighted by Crippen LogP contribution is -2.43. The lowest BCUT2D eigenvalue weighted by Gasteiger charge is -2.32. The van der Waals surface area contributed by atoms with Gasteiger partial charge in [-0.2, -0.15) is 0 Å². The predicted molar refractivity (Wildman–Crippen MR) is 232 cm³/mol. The zero-order valence-corrected chi connectivity index (χ0v) is 34.0. The quantitative estimate of drug-likeness (QED) is 0.0227. The third-order valence-electron chi connectivity index (χ3n) is 12.6. The predicted octanol–water partition coefficient (Wildman–Crippen LogP) is 11.2. The Morgan fingerprint density at radius 1 is 0.483 bits per heavy atom. The van der Waals surface area contributed by atoms with E-state index in [1.54, 1.807) is 0 Å². The molecule has 2 aliphatic heterocycles. The Bertz CT molecular complexity index is 2190. The fourth-order valence-electron chi connectivity index (χ4n) is 9.52. The van der Waals surface area contributed by atoms with E-state index < -0.39 is 0 Å². The number of rotatable bonds is 22. The molecule has 8 heteroatoms. The minimum atomic E-state index is -0.292. The number of unbranched alkanes of at least 4 members (excludes halogenated alkanes) is 4. The van der Waals surface area contributed by atoms with E-state index in [9.17, 15) is 28.8 Å². The summed E-state index contributed by atoms with van der Waals surface area (Å²) in [6.07, 6.45) is 14.3. The smallest absolute Gasteiger partial charge is 0.261 e. The number of allylic oxidation sites excluding steroid dienone is 2. The Labute approximate surface area is 340 Å². The molecule has 2 unspecified atom stereocenters. The van der Waals surface area contributed by atoms with Crippen LogP contribution in [0, 0.1) is 11.8 Å². The van der Waals surface area contributed by atoms with Crippen LogP contribution < -0.4 is 0 Å². The summed E-state index contributed by atoms with van der Waals surface area (Å²) in [4.78, 5) is 83.5. The fourth-order valence-corrected chi connectivity index (χ4v) is 9.52. The number of carbonyl (C=O) groups is 6. The molecule has 8 nitrogen and oxygen atoms in total. The van der Waals surface area contributed by atoms with Gasteiger partial charge < -0.3 is 0 Å². The van der Waals surface area contributed by atoms with Crippen molar-refractivity contribution in [2.75, 3.05) is 13.1 Å². The van der Waals surface area contributed by atoms with Gasteiger partial charge in [-0.1, -0.05) is 89.8 Å². The number of benzene rings is 5. The SMILES string of the molecule is C=CC(=O)CCCCC(CCCC)CN1C(=O)c2ccc3c4ccc5c6c(ccc(c7ccc(c2c37)C1=O)c64)C(=O)N(CC(CCCC)CCCCC(=O)C=C)C5=O. The number of carbonyl (C=O) groups excluding carboxylic acids is 6. The molecule has 4 amide bonds. The summed E-state index contributed by atoms with van der Waals surface area (Å²) < 4.78 is 0. The molecule has 58 heavy (non-hydrogen) atoms. The van der Waals surface area contributed by atoms with Gasteiger partial charge >= 0.3 is 0 Å². The standard InChI is InChI=1S/C50H54N2O6/c1-5-9-15-31(17-11-13-19-33(53)7-3)29-51-47(55)39-25-21-35-37-23-27-41-46-42(28-24-38(44(37)46)36-22-26-40(48(51)56)45(39)43(35)36)50(58)52(49(41)57)30-32(16-10-6-2)18-12-14-20-34(54)8-4/h7-8,21-28,31-32H,3-6,9-20,29-30H2,1-2H3. The molecule has 0 saturated heterocycles. The van der Waals surface area contributed by atoms with Gasteiger partial charge in [0.1, 0.15) is 0 Å². The van der Waals surface area contributed by atoms with Gasteiger partial charge in [-0.25, -0.2) is 0 Å². The van der Waals surface area contributed by atoms with Gasteiger partial charge in [0.05, 0.1) is 0 Å². The molecule has 0 bridgehead atoms. The van der Waals surface area contributed by atoms with E-state index in [-0.39, 0.29) is 47.0 Å². The summed E-state index contributed by atoms with van der Waals surface area (Å²) in [6, 6.07) is 15.1. The maximum absolute atomic E-state index is 14.3. The summed E-state index contributed by atoms with van der Waals surface area (Å²) in [7, 11) is 0. The Morgan fingerprint density at radius 3 is 1.09 bits per heavy atom. The molecule has 0 spiro atoms. The van der Waals surface area contributed by atoms with Crippen LogP contribution in [-0.4, -0.2) is 58.1 Å². The summed E-state index contributed by atoms with van der Waals surface area (Å²) in [5, 5.41) is 6.45. The molecule has 5 aromatic carbocycles. The number of ketones is 2. The molecule has 7 rings (SSSR count). The first-order valence-electron chi connectivity index (χ1n) is 21.4. The minimum absolute atomic E-state index is 0.0318. The monoisotopic (exact) mass is 778 g/mol. The van der Waals surface area contributed by atoms with Crippen LogP contribution in [0.25, 0.3) is 43.1 Å². The fraction of sp³-hybridized carbons (Fsp3) is 0.400. The molecular formula is C50H54N2O6. The lowest BCUT2D eigenvalue weighted by molar-refractivity contribution is -0.115. The average molecular weight is 779 g/mol. The number of fused-ring (bicyclic) bond motifs is 2. The highest BCUT2D eigenvalue weighted by Gasteiger charge is 2.38. The largest absolute Gasteiger partial charge is 0.295 e. The third kappa shape index (κ3) is 7.49. The summed E-state index contributed by atoms with van der Waals surface area (Å²) in [6.45, 7) is 12.1. The summed E-state index contributed by atoms with van der Waals surface area (Å²) >= 11 is 0. The molecule has 0 fully saturated rings. The normalized spacial score (nSPS) is 15.0. The van der Waals surface area contributed by atoms with E-state index in [2.05, 4.69) is 27.0 Å².